The second kappa shape index (κ2) is 7.04. The van der Waals surface area contributed by atoms with Crippen LogP contribution in [0.4, 0.5) is 10.5 Å². The first-order valence-electron chi connectivity index (χ1n) is 7.65. The highest BCUT2D eigenvalue weighted by Crippen LogP contribution is 2.33. The van der Waals surface area contributed by atoms with Crippen molar-refractivity contribution in [2.24, 2.45) is 0 Å². The Morgan fingerprint density at radius 2 is 1.96 bits per heavy atom. The molecule has 0 aliphatic carbocycles. The van der Waals surface area contributed by atoms with Gasteiger partial charge in [0, 0.05) is 11.0 Å². The maximum absolute atomic E-state index is 12.6. The summed E-state index contributed by atoms with van der Waals surface area (Å²) in [5, 5.41) is 2.99. The van der Waals surface area contributed by atoms with Gasteiger partial charge in [0.2, 0.25) is 0 Å². The third-order valence-electron chi connectivity index (χ3n) is 4.13. The van der Waals surface area contributed by atoms with Crippen molar-refractivity contribution in [3.8, 4) is 5.75 Å². The first kappa shape index (κ1) is 15.9. The van der Waals surface area contributed by atoms with Crippen LogP contribution in [0.2, 0.25) is 0 Å². The van der Waals surface area contributed by atoms with Gasteiger partial charge in [-0.3, -0.25) is 0 Å². The second-order valence-electron chi connectivity index (χ2n) is 5.53. The fourth-order valence-corrected chi connectivity index (χ4v) is 3.32. The smallest absolute Gasteiger partial charge is 0.322 e. The number of amides is 2. The summed E-state index contributed by atoms with van der Waals surface area (Å²) in [5.74, 6) is 0.830. The maximum atomic E-state index is 12.6. The molecule has 1 saturated heterocycles. The van der Waals surface area contributed by atoms with Gasteiger partial charge in [-0.1, -0.05) is 24.3 Å². The van der Waals surface area contributed by atoms with Crippen molar-refractivity contribution in [2.45, 2.75) is 18.9 Å². The summed E-state index contributed by atoms with van der Waals surface area (Å²) in [6, 6.07) is 15.6. The fraction of sp³-hybridized carbons (Fsp3) is 0.278. The van der Waals surface area contributed by atoms with E-state index in [4.69, 9.17) is 4.74 Å². The zero-order chi connectivity index (χ0) is 16.2. The van der Waals surface area contributed by atoms with Crippen molar-refractivity contribution in [3.05, 3.63) is 58.6 Å². The first-order chi connectivity index (χ1) is 11.2. The number of para-hydroxylation sites is 1. The number of nitrogens with one attached hydrogen (secondary N) is 1. The van der Waals surface area contributed by atoms with E-state index in [-0.39, 0.29) is 12.1 Å². The van der Waals surface area contributed by atoms with E-state index in [0.29, 0.717) is 0 Å². The monoisotopic (exact) mass is 374 g/mol. The number of nitrogens with zero attached hydrogens (tertiary/aromatic N) is 1. The van der Waals surface area contributed by atoms with Crippen LogP contribution in [0.1, 0.15) is 24.4 Å². The van der Waals surface area contributed by atoms with Gasteiger partial charge >= 0.3 is 6.03 Å². The minimum absolute atomic E-state index is 0.0600. The Balaban J connectivity index is 1.75. The van der Waals surface area contributed by atoms with Crippen molar-refractivity contribution in [1.82, 2.24) is 4.90 Å². The number of hydrogen-bond donors (Lipinski definition) is 1. The Morgan fingerprint density at radius 3 is 2.65 bits per heavy atom. The number of methoxy groups -OCH3 is 1. The van der Waals surface area contributed by atoms with E-state index in [2.05, 4.69) is 21.2 Å². The number of anilines is 1. The molecule has 0 unspecified atom stereocenters. The summed E-state index contributed by atoms with van der Waals surface area (Å²) in [6.45, 7) is 0.771. The molecule has 0 bridgehead atoms. The number of carbonyl (C=O) groups is 1. The summed E-state index contributed by atoms with van der Waals surface area (Å²) < 4.78 is 6.08. The number of rotatable bonds is 3. The number of benzene rings is 2. The summed E-state index contributed by atoms with van der Waals surface area (Å²) in [6.07, 6.45) is 2.00. The Kier molecular flexibility index (Phi) is 4.86. The molecule has 1 aliphatic heterocycles. The molecule has 0 aromatic heterocycles. The molecule has 0 radical (unpaired) electrons. The topological polar surface area (TPSA) is 41.6 Å². The van der Waals surface area contributed by atoms with E-state index in [1.54, 1.807) is 7.11 Å². The molecule has 120 valence electrons. The van der Waals surface area contributed by atoms with Crippen LogP contribution in [0.3, 0.4) is 0 Å². The van der Waals surface area contributed by atoms with Crippen molar-refractivity contribution >= 4 is 27.6 Å². The molecule has 1 atom stereocenters. The highest BCUT2D eigenvalue weighted by molar-refractivity contribution is 9.10. The van der Waals surface area contributed by atoms with Crippen LogP contribution in [0.5, 0.6) is 5.75 Å². The van der Waals surface area contributed by atoms with Gasteiger partial charge in [-0.2, -0.15) is 0 Å². The molecule has 0 spiro atoms. The lowest BCUT2D eigenvalue weighted by Crippen LogP contribution is -2.34. The molecule has 1 aliphatic rings. The highest BCUT2D eigenvalue weighted by Gasteiger charge is 2.30. The lowest BCUT2D eigenvalue weighted by atomic mass is 10.0. The van der Waals surface area contributed by atoms with Crippen LogP contribution in [0.15, 0.2) is 53.0 Å². The summed E-state index contributed by atoms with van der Waals surface area (Å²) >= 11 is 3.46. The number of likely N-dealkylation sites (tertiary alicyclic amines) is 1. The van der Waals surface area contributed by atoms with E-state index >= 15 is 0 Å². The minimum atomic E-state index is -0.0600. The lowest BCUT2D eigenvalue weighted by molar-refractivity contribution is 0.207. The van der Waals surface area contributed by atoms with Gasteiger partial charge in [0.05, 0.1) is 18.8 Å². The Hall–Kier alpha value is -2.01. The van der Waals surface area contributed by atoms with Crippen LogP contribution in [0, 0.1) is 0 Å². The summed E-state index contributed by atoms with van der Waals surface area (Å²) in [7, 11) is 1.65. The zero-order valence-electron chi connectivity index (χ0n) is 13.0. The predicted octanol–water partition coefficient (Wildman–Crippen LogP) is 4.83. The number of halogens is 1. The van der Waals surface area contributed by atoms with Crippen molar-refractivity contribution in [1.29, 1.82) is 0 Å². The maximum Gasteiger partial charge on any atom is 0.322 e. The minimum Gasteiger partial charge on any atom is -0.497 e. The largest absolute Gasteiger partial charge is 0.497 e. The standard InChI is InChI=1S/C18H19BrN2O2/c1-23-14-10-8-13(9-11-14)17-7-4-12-21(17)18(22)20-16-6-3-2-5-15(16)19/h2-3,5-6,8-11,17H,4,7,12H2,1H3,(H,20,22)/t17-/m1/s1. The van der Waals surface area contributed by atoms with Gasteiger partial charge in [-0.15, -0.1) is 0 Å². The Bertz CT molecular complexity index is 688. The fourth-order valence-electron chi connectivity index (χ4n) is 2.93. The molecule has 5 heteroatoms. The molecule has 23 heavy (non-hydrogen) atoms. The van der Waals surface area contributed by atoms with Gasteiger partial charge < -0.3 is 15.0 Å². The molecule has 2 aromatic carbocycles. The quantitative estimate of drug-likeness (QED) is 0.835. The molecule has 2 amide bonds. The number of ether oxygens (including phenoxy) is 1. The van der Waals surface area contributed by atoms with E-state index in [9.17, 15) is 4.79 Å². The van der Waals surface area contributed by atoms with Crippen LogP contribution in [0.25, 0.3) is 0 Å². The Morgan fingerprint density at radius 1 is 1.22 bits per heavy atom. The van der Waals surface area contributed by atoms with Crippen LogP contribution < -0.4 is 10.1 Å². The first-order valence-corrected chi connectivity index (χ1v) is 8.44. The van der Waals surface area contributed by atoms with E-state index in [1.165, 1.54) is 0 Å². The van der Waals surface area contributed by atoms with E-state index in [0.717, 1.165) is 40.9 Å². The number of carbonyl (C=O) groups excluding carboxylic acids is 1. The van der Waals surface area contributed by atoms with Gasteiger partial charge in [-0.25, -0.2) is 4.79 Å². The SMILES string of the molecule is COc1ccc([C@H]2CCCN2C(=O)Nc2ccccc2Br)cc1. The molecule has 0 saturated carbocycles. The van der Waals surface area contributed by atoms with Crippen molar-refractivity contribution < 1.29 is 9.53 Å². The summed E-state index contributed by atoms with van der Waals surface area (Å²) in [4.78, 5) is 14.5. The molecule has 1 N–H and O–H groups in total. The second-order valence-corrected chi connectivity index (χ2v) is 6.39. The third-order valence-corrected chi connectivity index (χ3v) is 4.82. The van der Waals surface area contributed by atoms with Gasteiger partial charge in [0.25, 0.3) is 0 Å². The third kappa shape index (κ3) is 3.50. The van der Waals surface area contributed by atoms with Crippen LogP contribution >= 0.6 is 15.9 Å². The van der Waals surface area contributed by atoms with Gasteiger partial charge in [-0.05, 0) is 58.6 Å². The number of hydrogen-bond acceptors (Lipinski definition) is 2. The number of urea groups is 1. The predicted molar refractivity (Wildman–Crippen MR) is 94.8 cm³/mol. The average Bonchev–Trinajstić information content (AvgIpc) is 3.07. The molecule has 3 rings (SSSR count). The summed E-state index contributed by atoms with van der Waals surface area (Å²) in [5.41, 5.74) is 1.93. The molecule has 4 nitrogen and oxygen atoms in total. The van der Waals surface area contributed by atoms with E-state index in [1.807, 2.05) is 53.4 Å². The van der Waals surface area contributed by atoms with Gasteiger partial charge in [0.15, 0.2) is 0 Å². The molecule has 1 heterocycles. The lowest BCUT2D eigenvalue weighted by Gasteiger charge is -2.25. The average molecular weight is 375 g/mol. The van der Waals surface area contributed by atoms with Crippen LogP contribution in [-0.4, -0.2) is 24.6 Å². The van der Waals surface area contributed by atoms with Crippen LogP contribution in [-0.2, 0) is 0 Å². The van der Waals surface area contributed by atoms with E-state index < -0.39 is 0 Å². The highest BCUT2D eigenvalue weighted by atomic mass is 79.9. The van der Waals surface area contributed by atoms with Crippen molar-refractivity contribution in [3.63, 3.8) is 0 Å². The molecule has 2 aromatic rings. The Labute approximate surface area is 144 Å². The molecular formula is C18H19BrN2O2. The zero-order valence-corrected chi connectivity index (χ0v) is 14.5. The molecule has 1 fully saturated rings. The molecular weight excluding hydrogens is 356 g/mol. The van der Waals surface area contributed by atoms with Gasteiger partial charge in [0.1, 0.15) is 5.75 Å². The van der Waals surface area contributed by atoms with Crippen molar-refractivity contribution in [2.75, 3.05) is 19.0 Å². The normalized spacial score (nSPS) is 17.1.